The normalized spacial score (nSPS) is 15.9. The summed E-state index contributed by atoms with van der Waals surface area (Å²) in [5.41, 5.74) is 5.90. The maximum atomic E-state index is 12.8. The summed E-state index contributed by atoms with van der Waals surface area (Å²) in [6.07, 6.45) is 3.68. The van der Waals surface area contributed by atoms with Crippen LogP contribution in [0.15, 0.2) is 24.3 Å². The van der Waals surface area contributed by atoms with Crippen molar-refractivity contribution in [1.82, 2.24) is 15.5 Å². The first-order chi connectivity index (χ1) is 11.6. The van der Waals surface area contributed by atoms with Crippen molar-refractivity contribution in [1.29, 1.82) is 0 Å². The highest BCUT2D eigenvalue weighted by atomic mass is 32.1. The number of rotatable bonds is 6. The van der Waals surface area contributed by atoms with Crippen LogP contribution in [-0.2, 0) is 11.3 Å². The van der Waals surface area contributed by atoms with E-state index in [4.69, 9.17) is 10.5 Å². The fourth-order valence-electron chi connectivity index (χ4n) is 3.00. The molecule has 1 heterocycles. The summed E-state index contributed by atoms with van der Waals surface area (Å²) >= 11 is 1.29. The number of nitrogen functional groups attached to an aromatic ring is 1. The maximum absolute atomic E-state index is 12.8. The van der Waals surface area contributed by atoms with Crippen LogP contribution in [0.4, 0.5) is 10.8 Å². The van der Waals surface area contributed by atoms with Gasteiger partial charge in [0.2, 0.25) is 11.0 Å². The lowest BCUT2D eigenvalue weighted by atomic mass is 9.95. The highest BCUT2D eigenvalue weighted by Gasteiger charge is 2.41. The van der Waals surface area contributed by atoms with Crippen molar-refractivity contribution in [3.8, 4) is 5.75 Å². The van der Waals surface area contributed by atoms with Gasteiger partial charge in [-0.2, -0.15) is 0 Å². The van der Waals surface area contributed by atoms with E-state index in [0.717, 1.165) is 37.1 Å². The van der Waals surface area contributed by atoms with Crippen molar-refractivity contribution in [3.63, 3.8) is 0 Å². The van der Waals surface area contributed by atoms with E-state index in [-0.39, 0.29) is 5.91 Å². The molecule has 0 saturated heterocycles. The zero-order valence-corrected chi connectivity index (χ0v) is 14.4. The molecule has 1 aromatic heterocycles. The van der Waals surface area contributed by atoms with E-state index < -0.39 is 5.54 Å². The topological polar surface area (TPSA) is 102 Å². The summed E-state index contributed by atoms with van der Waals surface area (Å²) in [7, 11) is 1.63. The van der Waals surface area contributed by atoms with Crippen molar-refractivity contribution >= 4 is 28.1 Å². The van der Waals surface area contributed by atoms with E-state index in [9.17, 15) is 4.79 Å². The molecule has 7 nitrogen and oxygen atoms in total. The molecule has 2 aromatic rings. The molecule has 24 heavy (non-hydrogen) atoms. The standard InChI is InChI=1S/C16H21N5O2S/c1-23-12-6-4-11(5-7-12)19-16(8-2-3-9-16)14(22)18-10-13-20-21-15(17)24-13/h4-7,19H,2-3,8-10H2,1H3,(H2,17,21)(H,18,22). The van der Waals surface area contributed by atoms with Crippen molar-refractivity contribution in [2.45, 2.75) is 37.8 Å². The lowest BCUT2D eigenvalue weighted by Crippen LogP contribution is -2.50. The first-order valence-corrected chi connectivity index (χ1v) is 8.71. The van der Waals surface area contributed by atoms with Gasteiger partial charge in [-0.25, -0.2) is 0 Å². The zero-order chi connectivity index (χ0) is 17.0. The molecule has 0 unspecified atom stereocenters. The maximum Gasteiger partial charge on any atom is 0.246 e. The third-order valence-corrected chi connectivity index (χ3v) is 5.00. The van der Waals surface area contributed by atoms with Crippen LogP contribution < -0.4 is 21.1 Å². The number of benzene rings is 1. The molecule has 4 N–H and O–H groups in total. The Labute approximate surface area is 144 Å². The number of anilines is 2. The number of amides is 1. The number of hydrogen-bond acceptors (Lipinski definition) is 7. The number of nitrogens with one attached hydrogen (secondary N) is 2. The molecule has 1 saturated carbocycles. The van der Waals surface area contributed by atoms with E-state index >= 15 is 0 Å². The Hall–Kier alpha value is -2.35. The van der Waals surface area contributed by atoms with E-state index in [1.54, 1.807) is 7.11 Å². The predicted molar refractivity (Wildman–Crippen MR) is 94.0 cm³/mol. The van der Waals surface area contributed by atoms with Gasteiger partial charge in [-0.05, 0) is 37.1 Å². The summed E-state index contributed by atoms with van der Waals surface area (Å²) in [5, 5.41) is 15.2. The molecule has 1 aliphatic carbocycles. The van der Waals surface area contributed by atoms with Crippen molar-refractivity contribution < 1.29 is 9.53 Å². The quantitative estimate of drug-likeness (QED) is 0.740. The number of nitrogens with two attached hydrogens (primary N) is 1. The van der Waals surface area contributed by atoms with Crippen LogP contribution in [-0.4, -0.2) is 28.8 Å². The minimum Gasteiger partial charge on any atom is -0.497 e. The van der Waals surface area contributed by atoms with E-state index in [1.165, 1.54) is 11.3 Å². The Bertz CT molecular complexity index is 695. The smallest absolute Gasteiger partial charge is 0.246 e. The molecule has 128 valence electrons. The summed E-state index contributed by atoms with van der Waals surface area (Å²) in [5.74, 6) is 0.781. The summed E-state index contributed by atoms with van der Waals surface area (Å²) in [4.78, 5) is 12.8. The third-order valence-electron chi connectivity index (χ3n) is 4.25. The minimum atomic E-state index is -0.579. The first kappa shape index (κ1) is 16.5. The number of ether oxygens (including phenoxy) is 1. The van der Waals surface area contributed by atoms with Crippen LogP contribution in [0.25, 0.3) is 0 Å². The van der Waals surface area contributed by atoms with E-state index in [0.29, 0.717) is 16.7 Å². The highest BCUT2D eigenvalue weighted by Crippen LogP contribution is 2.34. The van der Waals surface area contributed by atoms with Gasteiger partial charge in [-0.3, -0.25) is 4.79 Å². The predicted octanol–water partition coefficient (Wildman–Crippen LogP) is 2.17. The first-order valence-electron chi connectivity index (χ1n) is 7.90. The second-order valence-electron chi connectivity index (χ2n) is 5.86. The lowest BCUT2D eigenvalue weighted by molar-refractivity contribution is -0.125. The van der Waals surface area contributed by atoms with Gasteiger partial charge in [0, 0.05) is 5.69 Å². The number of nitrogens with zero attached hydrogens (tertiary/aromatic N) is 2. The molecule has 8 heteroatoms. The average molecular weight is 347 g/mol. The Morgan fingerprint density at radius 3 is 2.58 bits per heavy atom. The van der Waals surface area contributed by atoms with Crippen LogP contribution in [0.1, 0.15) is 30.7 Å². The van der Waals surface area contributed by atoms with Crippen LogP contribution in [0.3, 0.4) is 0 Å². The van der Waals surface area contributed by atoms with Crippen LogP contribution >= 0.6 is 11.3 Å². The number of aromatic nitrogens is 2. The molecule has 0 aliphatic heterocycles. The monoisotopic (exact) mass is 347 g/mol. The highest BCUT2D eigenvalue weighted by molar-refractivity contribution is 7.15. The largest absolute Gasteiger partial charge is 0.497 e. The second-order valence-corrected chi connectivity index (χ2v) is 6.95. The summed E-state index contributed by atoms with van der Waals surface area (Å²) < 4.78 is 5.17. The molecular weight excluding hydrogens is 326 g/mol. The average Bonchev–Trinajstić information content (AvgIpc) is 3.23. The fourth-order valence-corrected chi connectivity index (χ4v) is 3.55. The molecule has 0 atom stereocenters. The van der Waals surface area contributed by atoms with Gasteiger partial charge in [-0.15, -0.1) is 10.2 Å². The molecule has 1 fully saturated rings. The molecule has 1 aromatic carbocycles. The van der Waals surface area contributed by atoms with E-state index in [1.807, 2.05) is 24.3 Å². The number of carbonyl (C=O) groups is 1. The van der Waals surface area contributed by atoms with Crippen molar-refractivity contribution in [2.24, 2.45) is 0 Å². The summed E-state index contributed by atoms with van der Waals surface area (Å²) in [6, 6.07) is 7.62. The van der Waals surface area contributed by atoms with Gasteiger partial charge < -0.3 is 21.1 Å². The lowest BCUT2D eigenvalue weighted by Gasteiger charge is -2.30. The van der Waals surface area contributed by atoms with Gasteiger partial charge in [0.25, 0.3) is 0 Å². The molecule has 1 amide bonds. The molecular formula is C16H21N5O2S. The molecule has 0 radical (unpaired) electrons. The Morgan fingerprint density at radius 1 is 1.29 bits per heavy atom. The SMILES string of the molecule is COc1ccc(NC2(C(=O)NCc3nnc(N)s3)CCCC2)cc1. The summed E-state index contributed by atoms with van der Waals surface area (Å²) in [6.45, 7) is 0.347. The van der Waals surface area contributed by atoms with Crippen molar-refractivity contribution in [2.75, 3.05) is 18.2 Å². The molecule has 0 spiro atoms. The Morgan fingerprint density at radius 2 is 2.00 bits per heavy atom. The van der Waals surface area contributed by atoms with Gasteiger partial charge >= 0.3 is 0 Å². The molecule has 3 rings (SSSR count). The van der Waals surface area contributed by atoms with Gasteiger partial charge in [0.1, 0.15) is 16.3 Å². The second kappa shape index (κ2) is 7.04. The fraction of sp³-hybridized carbons (Fsp3) is 0.438. The van der Waals surface area contributed by atoms with Gasteiger partial charge in [0.05, 0.1) is 13.7 Å². The van der Waals surface area contributed by atoms with Crippen LogP contribution in [0, 0.1) is 0 Å². The third kappa shape index (κ3) is 3.59. The van der Waals surface area contributed by atoms with Crippen molar-refractivity contribution in [3.05, 3.63) is 29.3 Å². The van der Waals surface area contributed by atoms with Gasteiger partial charge in [-0.1, -0.05) is 24.2 Å². The van der Waals surface area contributed by atoms with Crippen LogP contribution in [0.5, 0.6) is 5.75 Å². The molecule has 0 bridgehead atoms. The number of carbonyl (C=O) groups excluding carboxylic acids is 1. The number of hydrogen-bond donors (Lipinski definition) is 3. The molecule has 1 aliphatic rings. The van der Waals surface area contributed by atoms with Gasteiger partial charge in [0.15, 0.2) is 0 Å². The minimum absolute atomic E-state index is 0.00964. The van der Waals surface area contributed by atoms with Crippen LogP contribution in [0.2, 0.25) is 0 Å². The number of methoxy groups -OCH3 is 1. The Kier molecular flexibility index (Phi) is 4.84. The van der Waals surface area contributed by atoms with E-state index in [2.05, 4.69) is 20.8 Å². The Balaban J connectivity index is 1.68. The zero-order valence-electron chi connectivity index (χ0n) is 13.5.